The first-order valence-corrected chi connectivity index (χ1v) is 20.7. The summed E-state index contributed by atoms with van der Waals surface area (Å²) in [7, 11) is 1.83. The van der Waals surface area contributed by atoms with Crippen LogP contribution in [-0.2, 0) is 16.6 Å². The van der Waals surface area contributed by atoms with Gasteiger partial charge in [-0.15, -0.1) is 0 Å². The topological polar surface area (TPSA) is 167 Å². The number of hydrogen-bond acceptors (Lipinski definition) is 12. The van der Waals surface area contributed by atoms with Crippen LogP contribution in [0.4, 0.5) is 31.5 Å². The van der Waals surface area contributed by atoms with E-state index in [1.807, 2.05) is 24.9 Å². The lowest BCUT2D eigenvalue weighted by Crippen LogP contribution is -2.61. The molecule has 0 spiro atoms. The van der Waals surface area contributed by atoms with Crippen molar-refractivity contribution in [3.8, 4) is 17.1 Å². The highest BCUT2D eigenvalue weighted by molar-refractivity contribution is 6.19. The van der Waals surface area contributed by atoms with E-state index >= 15 is 8.78 Å². The van der Waals surface area contributed by atoms with Crippen molar-refractivity contribution in [3.63, 3.8) is 0 Å². The summed E-state index contributed by atoms with van der Waals surface area (Å²) in [5.41, 5.74) is 12.2. The second-order valence-electron chi connectivity index (χ2n) is 16.7. The lowest BCUT2D eigenvalue weighted by Gasteiger charge is -2.47. The number of aliphatic imine (C=N–C) groups is 1. The summed E-state index contributed by atoms with van der Waals surface area (Å²) >= 11 is 0. The van der Waals surface area contributed by atoms with Crippen molar-refractivity contribution in [1.29, 1.82) is 0 Å². The maximum absolute atomic E-state index is 15.2. The normalized spacial score (nSPS) is 23.6. The van der Waals surface area contributed by atoms with Gasteiger partial charge in [-0.25, -0.2) is 13.5 Å². The van der Waals surface area contributed by atoms with E-state index in [1.165, 1.54) is 12.1 Å². The molecule has 0 aliphatic carbocycles. The van der Waals surface area contributed by atoms with E-state index in [0.717, 1.165) is 55.1 Å². The average molecular weight is 822 g/mol. The number of halogens is 2. The molecule has 15 nitrogen and oxygen atoms in total. The Morgan fingerprint density at radius 3 is 2.50 bits per heavy atom. The number of aryl methyl sites for hydroxylation is 2. The van der Waals surface area contributed by atoms with Crippen LogP contribution in [0.2, 0.25) is 0 Å². The van der Waals surface area contributed by atoms with Crippen LogP contribution in [0.3, 0.4) is 0 Å². The number of benzene rings is 2. The lowest BCUT2D eigenvalue weighted by molar-refractivity contribution is -0.134. The summed E-state index contributed by atoms with van der Waals surface area (Å²) in [5.74, 6) is -2.44. The number of piperazine rings is 1. The van der Waals surface area contributed by atoms with Crippen LogP contribution in [0, 0.1) is 30.4 Å². The molecule has 2 aromatic heterocycles. The van der Waals surface area contributed by atoms with Crippen molar-refractivity contribution in [2.45, 2.75) is 51.6 Å². The van der Waals surface area contributed by atoms with E-state index in [2.05, 4.69) is 54.5 Å². The van der Waals surface area contributed by atoms with Crippen molar-refractivity contribution in [2.75, 3.05) is 72.4 Å². The fourth-order valence-electron chi connectivity index (χ4n) is 9.08. The first kappa shape index (κ1) is 39.5. The van der Waals surface area contributed by atoms with Crippen LogP contribution in [0.5, 0.6) is 5.88 Å². The van der Waals surface area contributed by atoms with Crippen LogP contribution in [-0.4, -0.2) is 102 Å². The number of fused-ring (bicyclic) bond motifs is 7. The molecule has 4 aromatic rings. The zero-order valence-electron chi connectivity index (χ0n) is 34.0. The Balaban J connectivity index is 0.860. The van der Waals surface area contributed by atoms with E-state index in [0.29, 0.717) is 67.3 Å². The molecule has 5 aliphatic rings. The highest BCUT2D eigenvalue weighted by Gasteiger charge is 2.37. The highest BCUT2D eigenvalue weighted by Crippen LogP contribution is 2.39. The Morgan fingerprint density at radius 2 is 1.73 bits per heavy atom. The van der Waals surface area contributed by atoms with Crippen molar-refractivity contribution >= 4 is 46.4 Å². The largest absolute Gasteiger partial charge is 0.477 e. The molecule has 17 heteroatoms. The Hall–Kier alpha value is -5.94. The van der Waals surface area contributed by atoms with Crippen molar-refractivity contribution < 1.29 is 27.9 Å². The monoisotopic (exact) mass is 821 g/mol. The number of nitrogens with two attached hydrogens (primary N) is 1. The number of imide groups is 1. The highest BCUT2D eigenvalue weighted by atomic mass is 19.1. The number of guanidine groups is 1. The molecule has 60 heavy (non-hydrogen) atoms. The third-order valence-electron chi connectivity index (χ3n) is 12.3. The first-order chi connectivity index (χ1) is 28.9. The number of carbonyl (C=O) groups excluding carboxylic acids is 3. The van der Waals surface area contributed by atoms with Gasteiger partial charge in [-0.1, -0.05) is 6.92 Å². The molecule has 5 aliphatic heterocycles. The van der Waals surface area contributed by atoms with Gasteiger partial charge in [0.15, 0.2) is 0 Å². The van der Waals surface area contributed by atoms with Gasteiger partial charge in [0.2, 0.25) is 23.7 Å². The van der Waals surface area contributed by atoms with E-state index in [4.69, 9.17) is 15.5 Å². The predicted octanol–water partition coefficient (Wildman–Crippen LogP) is 4.37. The molecule has 4 N–H and O–H groups in total. The third kappa shape index (κ3) is 7.67. The van der Waals surface area contributed by atoms with Gasteiger partial charge in [-0.05, 0) is 74.6 Å². The standard InChI is InChI=1S/C43H49F2N11O4/c1-24-5-4-12-60-42-31(18-47-52(42)3)35-14-27(13-25(2)48-35)40(58)51-43-49-34-8-6-28(17-36(34)56(43)19-24)53-10-11-54(37(46)23-53)20-26-21-55(22-26)29-15-32(44)39(33(45)16-29)30-7-9-38(57)50-41(30)59/h6,8,13-18,24,26,30,37H,4-5,7,9-12,19-23,46H2,1-3H3,(H,49,51,58)(H,50,57,59)/t24-,30-,37-/m1/s1. The van der Waals surface area contributed by atoms with E-state index < -0.39 is 29.4 Å². The van der Waals surface area contributed by atoms with Crippen LogP contribution in [0.15, 0.2) is 53.7 Å². The van der Waals surface area contributed by atoms with Crippen LogP contribution in [0.1, 0.15) is 60.1 Å². The summed E-state index contributed by atoms with van der Waals surface area (Å²) in [6.07, 6.45) is 3.33. The Labute approximate surface area is 346 Å². The maximum atomic E-state index is 15.2. The second kappa shape index (κ2) is 15.9. The summed E-state index contributed by atoms with van der Waals surface area (Å²) < 4.78 is 38.3. The Kier molecular flexibility index (Phi) is 10.5. The average Bonchev–Trinajstić information content (AvgIpc) is 3.73. The molecule has 0 saturated carbocycles. The molecule has 3 atom stereocenters. The zero-order chi connectivity index (χ0) is 41.8. The van der Waals surface area contributed by atoms with Gasteiger partial charge in [-0.3, -0.25) is 29.6 Å². The quantitative estimate of drug-likeness (QED) is 0.244. The molecule has 314 valence electrons. The number of nitrogens with one attached hydrogen (secondary N) is 2. The van der Waals surface area contributed by atoms with Crippen molar-refractivity contribution in [1.82, 2.24) is 25.0 Å². The molecular formula is C43H49F2N11O4. The minimum absolute atomic E-state index is 0.0457. The van der Waals surface area contributed by atoms with Gasteiger partial charge < -0.3 is 30.5 Å². The minimum atomic E-state index is -1.03. The number of hydrogen-bond donors (Lipinski definition) is 3. The number of pyridine rings is 1. The molecule has 3 fully saturated rings. The van der Waals surface area contributed by atoms with Gasteiger partial charge in [0.25, 0.3) is 5.91 Å². The number of anilines is 4. The van der Waals surface area contributed by atoms with Gasteiger partial charge in [0.05, 0.1) is 47.5 Å². The molecule has 3 amide bonds. The fraction of sp³-hybridized carbons (Fsp3) is 0.442. The molecule has 0 unspecified atom stereocenters. The number of piperidine rings is 1. The number of ether oxygens (including phenoxy) is 1. The number of amides is 3. The maximum Gasteiger partial charge on any atom is 0.280 e. The lowest BCUT2D eigenvalue weighted by atomic mass is 9.89. The van der Waals surface area contributed by atoms with Crippen LogP contribution < -0.4 is 35.8 Å². The van der Waals surface area contributed by atoms with Crippen molar-refractivity contribution in [3.05, 3.63) is 77.1 Å². The van der Waals surface area contributed by atoms with Crippen LogP contribution in [0.25, 0.3) is 11.3 Å². The van der Waals surface area contributed by atoms with E-state index in [9.17, 15) is 14.4 Å². The number of rotatable bonds is 5. The van der Waals surface area contributed by atoms with Gasteiger partial charge >= 0.3 is 0 Å². The summed E-state index contributed by atoms with van der Waals surface area (Å²) in [4.78, 5) is 55.6. The molecule has 0 radical (unpaired) electrons. The molecule has 7 heterocycles. The number of aromatic nitrogens is 3. The zero-order valence-corrected chi connectivity index (χ0v) is 34.0. The number of carbonyl (C=O) groups is 3. The Morgan fingerprint density at radius 1 is 0.933 bits per heavy atom. The van der Waals surface area contributed by atoms with Gasteiger partial charge in [0, 0.05) is 93.4 Å². The Bertz CT molecular complexity index is 2370. The summed E-state index contributed by atoms with van der Waals surface area (Å²) in [6, 6.07) is 12.3. The molecule has 3 saturated heterocycles. The second-order valence-corrected chi connectivity index (χ2v) is 16.7. The fourth-order valence-corrected chi connectivity index (χ4v) is 9.08. The molecule has 9 rings (SSSR count). The van der Waals surface area contributed by atoms with E-state index in [-0.39, 0.29) is 42.3 Å². The first-order valence-electron chi connectivity index (χ1n) is 20.7. The third-order valence-corrected chi connectivity index (χ3v) is 12.3. The minimum Gasteiger partial charge on any atom is -0.477 e. The predicted molar refractivity (Wildman–Crippen MR) is 223 cm³/mol. The van der Waals surface area contributed by atoms with E-state index in [1.54, 1.807) is 23.0 Å². The van der Waals surface area contributed by atoms with Crippen LogP contribution >= 0.6 is 0 Å². The summed E-state index contributed by atoms with van der Waals surface area (Å²) in [5, 5.41) is 10.00. The molecular weight excluding hydrogens is 773 g/mol. The van der Waals surface area contributed by atoms with Crippen molar-refractivity contribution in [2.24, 2.45) is 29.6 Å². The smallest absolute Gasteiger partial charge is 0.280 e. The van der Waals surface area contributed by atoms with Gasteiger partial charge in [0.1, 0.15) is 11.6 Å². The number of nitrogens with zero attached hydrogens (tertiary/aromatic N) is 8. The molecule has 2 aromatic carbocycles. The summed E-state index contributed by atoms with van der Waals surface area (Å²) in [6.45, 7) is 9.32. The van der Waals surface area contributed by atoms with Gasteiger partial charge in [-0.2, -0.15) is 10.1 Å². The SMILES string of the molecule is Cc1cc2cc(n1)-c1cnn(C)c1OCCC[C@@H](C)CN1/C(=N/C2=O)Nc2ccc(N3CCN(CC4CN(c5cc(F)c([C@H]6CCC(=O)NC6=O)c(F)c5)C4)[C@@H](N)C3)cc21. The molecule has 2 bridgehead atoms.